The minimum absolute atomic E-state index is 0.0629. The lowest BCUT2D eigenvalue weighted by molar-refractivity contribution is -0.149. The van der Waals surface area contributed by atoms with E-state index in [4.69, 9.17) is 10.5 Å². The van der Waals surface area contributed by atoms with Crippen LogP contribution in [0.4, 0.5) is 0 Å². The average Bonchev–Trinajstić information content (AvgIpc) is 2.97. The minimum Gasteiger partial charge on any atom is -0.368 e. The molecule has 2 amide bonds. The van der Waals surface area contributed by atoms with Gasteiger partial charge in [0, 0.05) is 32.8 Å². The SMILES string of the molecule is NC1(C(=O)N2CCN(C(=O)C3CCCO3)CC2)CCC1. The number of nitrogens with two attached hydrogens (primary N) is 1. The predicted molar refractivity (Wildman–Crippen MR) is 72.9 cm³/mol. The molecule has 0 aromatic rings. The van der Waals surface area contributed by atoms with E-state index in [1.54, 1.807) is 0 Å². The Morgan fingerprint density at radius 1 is 1.05 bits per heavy atom. The molecule has 2 saturated heterocycles. The average molecular weight is 281 g/mol. The summed E-state index contributed by atoms with van der Waals surface area (Å²) in [5, 5.41) is 0. The summed E-state index contributed by atoms with van der Waals surface area (Å²) in [5.41, 5.74) is 5.46. The highest BCUT2D eigenvalue weighted by atomic mass is 16.5. The molecule has 0 aromatic heterocycles. The normalized spacial score (nSPS) is 29.1. The van der Waals surface area contributed by atoms with E-state index in [0.29, 0.717) is 32.8 Å². The lowest BCUT2D eigenvalue weighted by Gasteiger charge is -2.43. The molecule has 0 aromatic carbocycles. The molecule has 2 N–H and O–H groups in total. The third-order valence-corrected chi connectivity index (χ3v) is 4.76. The summed E-state index contributed by atoms with van der Waals surface area (Å²) in [7, 11) is 0. The molecule has 112 valence electrons. The Balaban J connectivity index is 1.51. The molecule has 6 heteroatoms. The molecule has 2 aliphatic heterocycles. The van der Waals surface area contributed by atoms with E-state index in [-0.39, 0.29) is 17.9 Å². The van der Waals surface area contributed by atoms with Crippen LogP contribution in [0.15, 0.2) is 0 Å². The highest BCUT2D eigenvalue weighted by Gasteiger charge is 2.43. The van der Waals surface area contributed by atoms with Crippen molar-refractivity contribution in [1.29, 1.82) is 0 Å². The van der Waals surface area contributed by atoms with Crippen LogP contribution >= 0.6 is 0 Å². The van der Waals surface area contributed by atoms with Crippen molar-refractivity contribution in [3.05, 3.63) is 0 Å². The summed E-state index contributed by atoms with van der Waals surface area (Å²) >= 11 is 0. The van der Waals surface area contributed by atoms with Crippen LogP contribution in [0.25, 0.3) is 0 Å². The molecule has 1 aliphatic carbocycles. The molecule has 0 radical (unpaired) electrons. The van der Waals surface area contributed by atoms with E-state index >= 15 is 0 Å². The molecule has 1 unspecified atom stereocenters. The molecule has 6 nitrogen and oxygen atoms in total. The summed E-state index contributed by atoms with van der Waals surface area (Å²) < 4.78 is 5.43. The van der Waals surface area contributed by atoms with Crippen molar-refractivity contribution >= 4 is 11.8 Å². The van der Waals surface area contributed by atoms with Crippen molar-refractivity contribution in [3.63, 3.8) is 0 Å². The molecule has 0 spiro atoms. The summed E-state index contributed by atoms with van der Waals surface area (Å²) in [5.74, 6) is 0.147. The maximum absolute atomic E-state index is 12.3. The second-order valence-electron chi connectivity index (χ2n) is 6.13. The van der Waals surface area contributed by atoms with Crippen LogP contribution in [-0.4, -0.2) is 66.0 Å². The van der Waals surface area contributed by atoms with E-state index in [0.717, 1.165) is 32.1 Å². The standard InChI is InChI=1S/C14H23N3O3/c15-14(4-2-5-14)13(19)17-8-6-16(7-9-17)12(18)11-3-1-10-20-11/h11H,1-10,15H2. The van der Waals surface area contributed by atoms with Crippen molar-refractivity contribution < 1.29 is 14.3 Å². The Morgan fingerprint density at radius 3 is 2.20 bits per heavy atom. The number of piperazine rings is 1. The van der Waals surface area contributed by atoms with Crippen molar-refractivity contribution in [2.24, 2.45) is 5.73 Å². The van der Waals surface area contributed by atoms with Crippen LogP contribution in [0.1, 0.15) is 32.1 Å². The molecular formula is C14H23N3O3. The van der Waals surface area contributed by atoms with Gasteiger partial charge in [0.2, 0.25) is 5.91 Å². The first kappa shape index (κ1) is 13.8. The molecular weight excluding hydrogens is 258 g/mol. The van der Waals surface area contributed by atoms with E-state index in [1.165, 1.54) is 0 Å². The van der Waals surface area contributed by atoms with Gasteiger partial charge in [-0.05, 0) is 32.1 Å². The van der Waals surface area contributed by atoms with Gasteiger partial charge >= 0.3 is 0 Å². The van der Waals surface area contributed by atoms with Crippen LogP contribution in [-0.2, 0) is 14.3 Å². The molecule has 2 heterocycles. The van der Waals surface area contributed by atoms with Gasteiger partial charge in [0.1, 0.15) is 6.10 Å². The van der Waals surface area contributed by atoms with Gasteiger partial charge in [-0.15, -0.1) is 0 Å². The van der Waals surface area contributed by atoms with Gasteiger partial charge in [0.25, 0.3) is 5.91 Å². The number of hydrogen-bond acceptors (Lipinski definition) is 4. The fourth-order valence-electron chi connectivity index (χ4n) is 3.19. The smallest absolute Gasteiger partial charge is 0.251 e. The number of rotatable bonds is 2. The van der Waals surface area contributed by atoms with Crippen molar-refractivity contribution in [3.8, 4) is 0 Å². The van der Waals surface area contributed by atoms with Crippen molar-refractivity contribution in [2.45, 2.75) is 43.7 Å². The fourth-order valence-corrected chi connectivity index (χ4v) is 3.19. The molecule has 0 bridgehead atoms. The molecule has 3 fully saturated rings. The number of nitrogens with zero attached hydrogens (tertiary/aromatic N) is 2. The highest BCUT2D eigenvalue weighted by molar-refractivity contribution is 5.87. The zero-order valence-electron chi connectivity index (χ0n) is 11.8. The summed E-state index contributed by atoms with van der Waals surface area (Å²) in [6.07, 6.45) is 4.15. The van der Waals surface area contributed by atoms with Crippen LogP contribution in [0.2, 0.25) is 0 Å². The maximum Gasteiger partial charge on any atom is 0.251 e. The monoisotopic (exact) mass is 281 g/mol. The Hall–Kier alpha value is -1.14. The summed E-state index contributed by atoms with van der Waals surface area (Å²) in [6.45, 7) is 3.07. The number of hydrogen-bond donors (Lipinski definition) is 1. The number of carbonyl (C=O) groups excluding carboxylic acids is 2. The van der Waals surface area contributed by atoms with Gasteiger partial charge in [0.15, 0.2) is 0 Å². The number of carbonyl (C=O) groups is 2. The quantitative estimate of drug-likeness (QED) is 0.755. The third kappa shape index (κ3) is 2.42. The largest absolute Gasteiger partial charge is 0.368 e. The molecule has 3 aliphatic rings. The second-order valence-corrected chi connectivity index (χ2v) is 6.13. The van der Waals surface area contributed by atoms with Gasteiger partial charge < -0.3 is 20.3 Å². The first-order valence-electron chi connectivity index (χ1n) is 7.59. The van der Waals surface area contributed by atoms with E-state index < -0.39 is 5.54 Å². The number of ether oxygens (including phenoxy) is 1. The van der Waals surface area contributed by atoms with E-state index in [1.807, 2.05) is 9.80 Å². The van der Waals surface area contributed by atoms with E-state index in [9.17, 15) is 9.59 Å². The van der Waals surface area contributed by atoms with Crippen LogP contribution in [0, 0.1) is 0 Å². The zero-order valence-corrected chi connectivity index (χ0v) is 11.8. The topological polar surface area (TPSA) is 75.9 Å². The van der Waals surface area contributed by atoms with Crippen LogP contribution in [0.3, 0.4) is 0 Å². The zero-order chi connectivity index (χ0) is 14.2. The molecule has 1 saturated carbocycles. The van der Waals surface area contributed by atoms with Crippen LogP contribution < -0.4 is 5.73 Å². The van der Waals surface area contributed by atoms with Crippen molar-refractivity contribution in [1.82, 2.24) is 9.80 Å². The Morgan fingerprint density at radius 2 is 1.70 bits per heavy atom. The first-order chi connectivity index (χ1) is 9.60. The van der Waals surface area contributed by atoms with E-state index in [2.05, 4.69) is 0 Å². The summed E-state index contributed by atoms with van der Waals surface area (Å²) in [6, 6.07) is 0. The highest BCUT2D eigenvalue weighted by Crippen LogP contribution is 2.31. The fraction of sp³-hybridized carbons (Fsp3) is 0.857. The Kier molecular flexibility index (Phi) is 3.69. The Labute approximate surface area is 119 Å². The predicted octanol–water partition coefficient (Wildman–Crippen LogP) is -0.282. The first-order valence-corrected chi connectivity index (χ1v) is 7.59. The molecule has 20 heavy (non-hydrogen) atoms. The van der Waals surface area contributed by atoms with Gasteiger partial charge in [0.05, 0.1) is 5.54 Å². The lowest BCUT2D eigenvalue weighted by atomic mass is 9.76. The van der Waals surface area contributed by atoms with Gasteiger partial charge in [-0.25, -0.2) is 0 Å². The molecule has 1 atom stereocenters. The maximum atomic E-state index is 12.3. The second kappa shape index (κ2) is 5.33. The van der Waals surface area contributed by atoms with Gasteiger partial charge in [-0.2, -0.15) is 0 Å². The van der Waals surface area contributed by atoms with Gasteiger partial charge in [-0.1, -0.05) is 0 Å². The minimum atomic E-state index is -0.624. The molecule has 3 rings (SSSR count). The third-order valence-electron chi connectivity index (χ3n) is 4.76. The van der Waals surface area contributed by atoms with Crippen molar-refractivity contribution in [2.75, 3.05) is 32.8 Å². The van der Waals surface area contributed by atoms with Crippen LogP contribution in [0.5, 0.6) is 0 Å². The van der Waals surface area contributed by atoms with Gasteiger partial charge in [-0.3, -0.25) is 9.59 Å². The summed E-state index contributed by atoms with van der Waals surface area (Å²) in [4.78, 5) is 28.2. The Bertz CT molecular complexity index is 394. The lowest BCUT2D eigenvalue weighted by Crippen LogP contribution is -2.63. The number of amides is 2.